The monoisotopic (exact) mass is 282 g/mol. The van der Waals surface area contributed by atoms with E-state index < -0.39 is 0 Å². The molecule has 0 aliphatic carbocycles. The average Bonchev–Trinajstić information content (AvgIpc) is 2.91. The first-order valence-corrected chi connectivity index (χ1v) is 8.62. The van der Waals surface area contributed by atoms with Crippen LogP contribution in [0.2, 0.25) is 0 Å². The lowest BCUT2D eigenvalue weighted by molar-refractivity contribution is 0.0615. The Kier molecular flexibility index (Phi) is 5.88. The van der Waals surface area contributed by atoms with Crippen molar-refractivity contribution in [2.45, 2.75) is 52.9 Å². The van der Waals surface area contributed by atoms with Crippen LogP contribution in [0.25, 0.3) is 0 Å². The fraction of sp³-hybridized carbons (Fsp3) is 1.00. The molecule has 1 N–H and O–H groups in total. The fourth-order valence-electron chi connectivity index (χ4n) is 3.58. The van der Waals surface area contributed by atoms with Gasteiger partial charge in [0.05, 0.1) is 6.61 Å². The average molecular weight is 282 g/mol. The number of likely N-dealkylation sites (tertiary alicyclic amines) is 1. The van der Waals surface area contributed by atoms with Crippen molar-refractivity contribution in [2.24, 2.45) is 10.8 Å². The summed E-state index contributed by atoms with van der Waals surface area (Å²) in [6, 6.07) is 0. The van der Waals surface area contributed by atoms with Crippen LogP contribution in [-0.4, -0.2) is 50.8 Å². The number of hydrogen-bond donors (Lipinski definition) is 1. The van der Waals surface area contributed by atoms with E-state index in [9.17, 15) is 0 Å². The summed E-state index contributed by atoms with van der Waals surface area (Å²) < 4.78 is 5.73. The van der Waals surface area contributed by atoms with E-state index in [0.717, 1.165) is 26.3 Å². The molecule has 0 radical (unpaired) electrons. The summed E-state index contributed by atoms with van der Waals surface area (Å²) >= 11 is 0. The zero-order chi connectivity index (χ0) is 14.5. The SMILES string of the molecule is CCCNCC1(CN2CCC(C)(CC)CC2)CCOC1. The van der Waals surface area contributed by atoms with Crippen LogP contribution in [0.1, 0.15) is 52.9 Å². The van der Waals surface area contributed by atoms with Crippen molar-refractivity contribution in [3.8, 4) is 0 Å². The first kappa shape index (κ1) is 16.3. The van der Waals surface area contributed by atoms with Gasteiger partial charge in [0.1, 0.15) is 0 Å². The molecule has 2 aliphatic heterocycles. The number of ether oxygens (including phenoxy) is 1. The van der Waals surface area contributed by atoms with Crippen molar-refractivity contribution in [3.63, 3.8) is 0 Å². The maximum Gasteiger partial charge on any atom is 0.0547 e. The van der Waals surface area contributed by atoms with Gasteiger partial charge in [-0.15, -0.1) is 0 Å². The molecule has 0 aromatic heterocycles. The van der Waals surface area contributed by atoms with E-state index in [2.05, 4.69) is 31.0 Å². The van der Waals surface area contributed by atoms with Gasteiger partial charge >= 0.3 is 0 Å². The van der Waals surface area contributed by atoms with Crippen LogP contribution < -0.4 is 5.32 Å². The minimum absolute atomic E-state index is 0.370. The normalized spacial score (nSPS) is 30.8. The third-order valence-corrected chi connectivity index (χ3v) is 5.59. The lowest BCUT2D eigenvalue weighted by Gasteiger charge is -2.42. The molecule has 20 heavy (non-hydrogen) atoms. The minimum Gasteiger partial charge on any atom is -0.381 e. The van der Waals surface area contributed by atoms with E-state index in [0.29, 0.717) is 10.8 Å². The lowest BCUT2D eigenvalue weighted by Crippen LogP contribution is -2.48. The second kappa shape index (κ2) is 7.24. The number of rotatable bonds is 7. The van der Waals surface area contributed by atoms with Gasteiger partial charge in [0.15, 0.2) is 0 Å². The minimum atomic E-state index is 0.370. The summed E-state index contributed by atoms with van der Waals surface area (Å²) in [4.78, 5) is 2.69. The van der Waals surface area contributed by atoms with Gasteiger partial charge in [-0.1, -0.05) is 27.2 Å². The van der Waals surface area contributed by atoms with Gasteiger partial charge in [0.2, 0.25) is 0 Å². The van der Waals surface area contributed by atoms with Crippen molar-refractivity contribution in [2.75, 3.05) is 45.9 Å². The number of nitrogens with zero attached hydrogens (tertiary/aromatic N) is 1. The van der Waals surface area contributed by atoms with Crippen molar-refractivity contribution >= 4 is 0 Å². The Morgan fingerprint density at radius 2 is 1.90 bits per heavy atom. The third kappa shape index (κ3) is 4.19. The maximum atomic E-state index is 5.73. The van der Waals surface area contributed by atoms with Gasteiger partial charge < -0.3 is 15.0 Å². The Morgan fingerprint density at radius 1 is 1.15 bits per heavy atom. The number of hydrogen-bond acceptors (Lipinski definition) is 3. The molecule has 0 amide bonds. The van der Waals surface area contributed by atoms with Crippen molar-refractivity contribution in [3.05, 3.63) is 0 Å². The Labute approximate surface area is 125 Å². The maximum absolute atomic E-state index is 5.73. The van der Waals surface area contributed by atoms with Crippen LogP contribution in [0.5, 0.6) is 0 Å². The first-order chi connectivity index (χ1) is 9.61. The largest absolute Gasteiger partial charge is 0.381 e. The predicted octanol–water partition coefficient (Wildman–Crippen LogP) is 2.90. The van der Waals surface area contributed by atoms with Crippen LogP contribution in [0.3, 0.4) is 0 Å². The molecular weight excluding hydrogens is 248 g/mol. The second-order valence-electron chi connectivity index (χ2n) is 7.42. The van der Waals surface area contributed by atoms with Crippen LogP contribution in [0, 0.1) is 10.8 Å². The van der Waals surface area contributed by atoms with E-state index in [-0.39, 0.29) is 0 Å². The Balaban J connectivity index is 1.83. The van der Waals surface area contributed by atoms with Gasteiger partial charge in [-0.3, -0.25) is 0 Å². The quantitative estimate of drug-likeness (QED) is 0.727. The molecule has 0 saturated carbocycles. The molecule has 3 heteroatoms. The highest BCUT2D eigenvalue weighted by atomic mass is 16.5. The molecule has 2 saturated heterocycles. The van der Waals surface area contributed by atoms with Gasteiger partial charge in [0.25, 0.3) is 0 Å². The van der Waals surface area contributed by atoms with Gasteiger partial charge in [-0.25, -0.2) is 0 Å². The molecule has 2 aliphatic rings. The molecule has 118 valence electrons. The number of nitrogens with one attached hydrogen (secondary N) is 1. The van der Waals surface area contributed by atoms with E-state index in [1.165, 1.54) is 51.7 Å². The predicted molar refractivity (Wildman–Crippen MR) is 85.1 cm³/mol. The van der Waals surface area contributed by atoms with Crippen LogP contribution >= 0.6 is 0 Å². The van der Waals surface area contributed by atoms with Crippen molar-refractivity contribution in [1.29, 1.82) is 0 Å². The topological polar surface area (TPSA) is 24.5 Å². The highest BCUT2D eigenvalue weighted by Crippen LogP contribution is 2.36. The molecule has 2 heterocycles. The zero-order valence-electron chi connectivity index (χ0n) is 13.8. The van der Waals surface area contributed by atoms with Crippen molar-refractivity contribution < 1.29 is 4.74 Å². The summed E-state index contributed by atoms with van der Waals surface area (Å²) in [7, 11) is 0. The molecule has 0 spiro atoms. The second-order valence-corrected chi connectivity index (χ2v) is 7.42. The van der Waals surface area contributed by atoms with E-state index in [1.54, 1.807) is 0 Å². The summed E-state index contributed by atoms with van der Waals surface area (Å²) in [6.07, 6.45) is 6.50. The molecule has 0 aromatic rings. The molecule has 2 fully saturated rings. The lowest BCUT2D eigenvalue weighted by atomic mass is 9.77. The van der Waals surface area contributed by atoms with Gasteiger partial charge in [-0.2, -0.15) is 0 Å². The first-order valence-electron chi connectivity index (χ1n) is 8.62. The van der Waals surface area contributed by atoms with Gasteiger partial charge in [-0.05, 0) is 50.7 Å². The smallest absolute Gasteiger partial charge is 0.0547 e. The molecule has 2 rings (SSSR count). The molecular formula is C17H34N2O. The molecule has 1 unspecified atom stereocenters. The summed E-state index contributed by atoms with van der Waals surface area (Å²) in [5.74, 6) is 0. The fourth-order valence-corrected chi connectivity index (χ4v) is 3.58. The Bertz CT molecular complexity index is 279. The van der Waals surface area contributed by atoms with E-state index >= 15 is 0 Å². The Hall–Kier alpha value is -0.120. The summed E-state index contributed by atoms with van der Waals surface area (Å²) in [5, 5.41) is 3.63. The Morgan fingerprint density at radius 3 is 2.45 bits per heavy atom. The molecule has 1 atom stereocenters. The van der Waals surface area contributed by atoms with Crippen LogP contribution in [0.4, 0.5) is 0 Å². The molecule has 0 bridgehead atoms. The molecule has 0 aromatic carbocycles. The van der Waals surface area contributed by atoms with Crippen molar-refractivity contribution in [1.82, 2.24) is 10.2 Å². The summed E-state index contributed by atoms with van der Waals surface area (Å²) in [6.45, 7) is 15.0. The standard InChI is InChI=1S/C17H34N2O/c1-4-9-18-13-17(8-12-20-15-17)14-19-10-6-16(3,5-2)7-11-19/h18H,4-15H2,1-3H3. The highest BCUT2D eigenvalue weighted by molar-refractivity contribution is 4.91. The molecule has 3 nitrogen and oxygen atoms in total. The number of piperidine rings is 1. The van der Waals surface area contributed by atoms with Gasteiger partial charge in [0, 0.05) is 25.1 Å². The third-order valence-electron chi connectivity index (χ3n) is 5.59. The highest BCUT2D eigenvalue weighted by Gasteiger charge is 2.38. The van der Waals surface area contributed by atoms with E-state index in [1.807, 2.05) is 0 Å². The van der Waals surface area contributed by atoms with E-state index in [4.69, 9.17) is 4.74 Å². The van der Waals surface area contributed by atoms with Crippen LogP contribution in [-0.2, 0) is 4.74 Å². The summed E-state index contributed by atoms with van der Waals surface area (Å²) in [5.41, 5.74) is 0.964. The van der Waals surface area contributed by atoms with Crippen LogP contribution in [0.15, 0.2) is 0 Å². The zero-order valence-corrected chi connectivity index (χ0v) is 13.8.